The minimum absolute atomic E-state index is 0.274. The molecular weight excluding hydrogens is 338 g/mol. The average Bonchev–Trinajstić information content (AvgIpc) is 3.36. The number of amides is 1. The molecule has 0 saturated heterocycles. The zero-order valence-corrected chi connectivity index (χ0v) is 14.3. The number of rotatable bonds is 3. The topological polar surface area (TPSA) is 70.9 Å². The Morgan fingerprint density at radius 3 is 2.59 bits per heavy atom. The molecule has 5 rings (SSSR count). The van der Waals surface area contributed by atoms with Gasteiger partial charge in [0.1, 0.15) is 0 Å². The van der Waals surface area contributed by atoms with Crippen molar-refractivity contribution in [2.24, 2.45) is 0 Å². The molecule has 3 aromatic heterocycles. The molecule has 130 valence electrons. The first-order chi connectivity index (χ1) is 13.3. The van der Waals surface area contributed by atoms with E-state index in [4.69, 9.17) is 4.42 Å². The smallest absolute Gasteiger partial charge is 0.291 e. The highest BCUT2D eigenvalue weighted by Gasteiger charge is 2.12. The Bertz CT molecular complexity index is 1250. The summed E-state index contributed by atoms with van der Waals surface area (Å²) in [4.78, 5) is 20.1. The van der Waals surface area contributed by atoms with Gasteiger partial charge >= 0.3 is 0 Å². The lowest BCUT2D eigenvalue weighted by atomic mass is 10.1. The summed E-state index contributed by atoms with van der Waals surface area (Å²) in [5.41, 5.74) is 4.65. The van der Waals surface area contributed by atoms with Crippen LogP contribution in [0.4, 0.5) is 5.69 Å². The van der Waals surface area contributed by atoms with Gasteiger partial charge in [-0.25, -0.2) is 0 Å². The van der Waals surface area contributed by atoms with Gasteiger partial charge in [-0.15, -0.1) is 0 Å². The molecule has 0 unspecified atom stereocenters. The van der Waals surface area contributed by atoms with Gasteiger partial charge in [0.05, 0.1) is 17.5 Å². The van der Waals surface area contributed by atoms with Crippen LogP contribution in [0.1, 0.15) is 10.6 Å². The second-order valence-electron chi connectivity index (χ2n) is 6.26. The van der Waals surface area contributed by atoms with Gasteiger partial charge in [0.2, 0.25) is 0 Å². The number of carbonyl (C=O) groups is 1. The number of para-hydroxylation sites is 1. The number of anilines is 1. The number of furan rings is 1. The Hall–Kier alpha value is -3.86. The number of aromatic nitrogens is 2. The number of aromatic amines is 1. The van der Waals surface area contributed by atoms with Crippen molar-refractivity contribution in [1.82, 2.24) is 9.97 Å². The van der Waals surface area contributed by atoms with Crippen molar-refractivity contribution in [1.29, 1.82) is 0 Å². The van der Waals surface area contributed by atoms with Crippen molar-refractivity contribution in [2.75, 3.05) is 5.32 Å². The molecule has 5 nitrogen and oxygen atoms in total. The van der Waals surface area contributed by atoms with Crippen LogP contribution in [-0.2, 0) is 0 Å². The lowest BCUT2D eigenvalue weighted by molar-refractivity contribution is 0.0996. The van der Waals surface area contributed by atoms with Gasteiger partial charge in [0.25, 0.3) is 5.91 Å². The third-order valence-corrected chi connectivity index (χ3v) is 4.59. The molecule has 5 aromatic rings. The molecule has 0 atom stereocenters. The van der Waals surface area contributed by atoms with Crippen LogP contribution in [0.2, 0.25) is 0 Å². The van der Waals surface area contributed by atoms with Crippen LogP contribution in [0.3, 0.4) is 0 Å². The van der Waals surface area contributed by atoms with E-state index in [0.29, 0.717) is 5.69 Å². The van der Waals surface area contributed by atoms with E-state index in [1.807, 2.05) is 48.7 Å². The molecule has 0 aliphatic heterocycles. The number of fused-ring (bicyclic) bond motifs is 3. The summed E-state index contributed by atoms with van der Waals surface area (Å²) in [7, 11) is 0. The Labute approximate surface area is 154 Å². The molecule has 2 N–H and O–H groups in total. The van der Waals surface area contributed by atoms with Crippen molar-refractivity contribution < 1.29 is 9.21 Å². The lowest BCUT2D eigenvalue weighted by Gasteiger charge is -2.06. The largest absolute Gasteiger partial charge is 0.459 e. The Morgan fingerprint density at radius 1 is 0.926 bits per heavy atom. The van der Waals surface area contributed by atoms with E-state index in [-0.39, 0.29) is 11.7 Å². The lowest BCUT2D eigenvalue weighted by Crippen LogP contribution is -2.10. The molecule has 0 radical (unpaired) electrons. The van der Waals surface area contributed by atoms with Crippen molar-refractivity contribution >= 4 is 33.4 Å². The highest BCUT2D eigenvalue weighted by atomic mass is 16.3. The molecule has 0 aliphatic carbocycles. The third-order valence-electron chi connectivity index (χ3n) is 4.59. The number of pyridine rings is 1. The number of H-pyrrole nitrogens is 1. The number of hydrogen-bond acceptors (Lipinski definition) is 3. The number of nitrogens with zero attached hydrogens (tertiary/aromatic N) is 1. The maximum absolute atomic E-state index is 12.1. The van der Waals surface area contributed by atoms with Crippen LogP contribution in [0, 0.1) is 0 Å². The summed E-state index contributed by atoms with van der Waals surface area (Å²) in [6.07, 6.45) is 3.30. The Kier molecular flexibility index (Phi) is 3.50. The van der Waals surface area contributed by atoms with Crippen molar-refractivity contribution in [3.8, 4) is 11.3 Å². The minimum Gasteiger partial charge on any atom is -0.459 e. The predicted molar refractivity (Wildman–Crippen MR) is 106 cm³/mol. The molecule has 0 spiro atoms. The highest BCUT2D eigenvalue weighted by Crippen LogP contribution is 2.31. The van der Waals surface area contributed by atoms with Gasteiger partial charge < -0.3 is 14.7 Å². The molecule has 0 fully saturated rings. The van der Waals surface area contributed by atoms with Crippen molar-refractivity contribution in [3.05, 3.63) is 85.0 Å². The second-order valence-corrected chi connectivity index (χ2v) is 6.26. The van der Waals surface area contributed by atoms with Crippen LogP contribution in [0.5, 0.6) is 0 Å². The van der Waals surface area contributed by atoms with E-state index >= 15 is 0 Å². The maximum Gasteiger partial charge on any atom is 0.291 e. The number of hydrogen-bond donors (Lipinski definition) is 2. The fourth-order valence-electron chi connectivity index (χ4n) is 3.31. The first-order valence-electron chi connectivity index (χ1n) is 8.60. The Balaban J connectivity index is 1.51. The minimum atomic E-state index is -0.274. The molecule has 2 aromatic carbocycles. The molecule has 3 heterocycles. The standard InChI is InChI=1S/C22H15N3O2/c26-22(19-6-3-13-27-19)24-15-9-7-14(8-10-15)20-21-17(11-12-23-20)16-4-1-2-5-18(16)25-21/h1-13,25H,(H,24,26). The first-order valence-corrected chi connectivity index (χ1v) is 8.60. The van der Waals surface area contributed by atoms with E-state index in [1.165, 1.54) is 11.6 Å². The van der Waals surface area contributed by atoms with Crippen LogP contribution < -0.4 is 5.32 Å². The summed E-state index contributed by atoms with van der Waals surface area (Å²) < 4.78 is 5.11. The molecule has 0 aliphatic rings. The van der Waals surface area contributed by atoms with E-state index in [9.17, 15) is 4.79 Å². The SMILES string of the molecule is O=C(Nc1ccc(-c2nccc3c2[nH]c2ccccc23)cc1)c1ccco1. The molecule has 0 saturated carbocycles. The van der Waals surface area contributed by atoms with E-state index in [0.717, 1.165) is 27.7 Å². The normalized spacial score (nSPS) is 11.1. The monoisotopic (exact) mass is 353 g/mol. The molecular formula is C22H15N3O2. The molecule has 5 heteroatoms. The van der Waals surface area contributed by atoms with Gasteiger partial charge in [0.15, 0.2) is 5.76 Å². The summed E-state index contributed by atoms with van der Waals surface area (Å²) in [5.74, 6) is 0.00665. The predicted octanol–water partition coefficient (Wildman–Crippen LogP) is 5.23. The van der Waals surface area contributed by atoms with Gasteiger partial charge in [0, 0.05) is 33.7 Å². The Morgan fingerprint density at radius 2 is 1.78 bits per heavy atom. The fourth-order valence-corrected chi connectivity index (χ4v) is 3.31. The quantitative estimate of drug-likeness (QED) is 0.467. The number of nitrogens with one attached hydrogen (secondary N) is 2. The van der Waals surface area contributed by atoms with Gasteiger partial charge in [-0.3, -0.25) is 9.78 Å². The maximum atomic E-state index is 12.1. The number of benzene rings is 2. The van der Waals surface area contributed by atoms with Gasteiger partial charge in [-0.1, -0.05) is 30.3 Å². The van der Waals surface area contributed by atoms with Crippen LogP contribution in [-0.4, -0.2) is 15.9 Å². The summed E-state index contributed by atoms with van der Waals surface area (Å²) in [5, 5.41) is 5.14. The van der Waals surface area contributed by atoms with E-state index < -0.39 is 0 Å². The average molecular weight is 353 g/mol. The van der Waals surface area contributed by atoms with Crippen LogP contribution in [0.25, 0.3) is 33.1 Å². The molecule has 0 bridgehead atoms. The number of carbonyl (C=O) groups excluding carboxylic acids is 1. The van der Waals surface area contributed by atoms with E-state index in [2.05, 4.69) is 27.4 Å². The molecule has 1 amide bonds. The summed E-state index contributed by atoms with van der Waals surface area (Å²) in [6.45, 7) is 0. The van der Waals surface area contributed by atoms with E-state index in [1.54, 1.807) is 12.1 Å². The molecule has 27 heavy (non-hydrogen) atoms. The van der Waals surface area contributed by atoms with Crippen molar-refractivity contribution in [3.63, 3.8) is 0 Å². The third kappa shape index (κ3) is 2.66. The van der Waals surface area contributed by atoms with Crippen molar-refractivity contribution in [2.45, 2.75) is 0 Å². The first kappa shape index (κ1) is 15.4. The summed E-state index contributed by atoms with van der Waals surface area (Å²) >= 11 is 0. The zero-order chi connectivity index (χ0) is 18.2. The highest BCUT2D eigenvalue weighted by molar-refractivity contribution is 6.11. The summed E-state index contributed by atoms with van der Waals surface area (Å²) in [6, 6.07) is 21.2. The van der Waals surface area contributed by atoms with Gasteiger partial charge in [-0.05, 0) is 36.4 Å². The van der Waals surface area contributed by atoms with Crippen LogP contribution in [0.15, 0.2) is 83.6 Å². The zero-order valence-electron chi connectivity index (χ0n) is 14.3. The second kappa shape index (κ2) is 6.14. The fraction of sp³-hybridized carbons (Fsp3) is 0. The van der Waals surface area contributed by atoms with Gasteiger partial charge in [-0.2, -0.15) is 0 Å². The van der Waals surface area contributed by atoms with Crippen LogP contribution >= 0.6 is 0 Å².